The second-order valence-corrected chi connectivity index (χ2v) is 6.11. The summed E-state index contributed by atoms with van der Waals surface area (Å²) in [6.45, 7) is 4.98. The highest BCUT2D eigenvalue weighted by Gasteiger charge is 2.19. The van der Waals surface area contributed by atoms with Crippen molar-refractivity contribution in [2.45, 2.75) is 13.0 Å². The Morgan fingerprint density at radius 1 is 1.09 bits per heavy atom. The van der Waals surface area contributed by atoms with Crippen molar-refractivity contribution >= 4 is 28.3 Å². The largest absolute Gasteiger partial charge is 0.353 e. The Morgan fingerprint density at radius 2 is 2.09 bits per heavy atom. The van der Waals surface area contributed by atoms with Gasteiger partial charge in [0.1, 0.15) is 11.8 Å². The summed E-state index contributed by atoms with van der Waals surface area (Å²) in [5.41, 5.74) is 4.72. The Bertz CT molecular complexity index is 739. The highest BCUT2D eigenvalue weighted by Crippen LogP contribution is 2.21. The van der Waals surface area contributed by atoms with Crippen molar-refractivity contribution in [3.05, 3.63) is 29.2 Å². The Labute approximate surface area is 132 Å². The number of anilines is 1. The lowest BCUT2D eigenvalue weighted by Crippen LogP contribution is -2.31. The number of nitrogens with one attached hydrogen (secondary N) is 1. The van der Waals surface area contributed by atoms with Gasteiger partial charge in [0.25, 0.3) is 0 Å². The third kappa shape index (κ3) is 2.67. The van der Waals surface area contributed by atoms with Gasteiger partial charge in [-0.05, 0) is 6.42 Å². The molecule has 0 amide bonds. The van der Waals surface area contributed by atoms with Crippen LogP contribution < -0.4 is 4.90 Å². The van der Waals surface area contributed by atoms with E-state index in [1.54, 1.807) is 24.0 Å². The average molecular weight is 315 g/mol. The molecule has 0 spiro atoms. The molecule has 114 valence electrons. The molecule has 1 fully saturated rings. The van der Waals surface area contributed by atoms with Gasteiger partial charge in [-0.25, -0.2) is 19.9 Å². The predicted octanol–water partition coefficient (Wildman–Crippen LogP) is 1.52. The maximum atomic E-state index is 4.46. The first-order chi connectivity index (χ1) is 10.9. The van der Waals surface area contributed by atoms with Crippen LogP contribution >= 0.6 is 11.3 Å². The highest BCUT2D eigenvalue weighted by atomic mass is 32.1. The summed E-state index contributed by atoms with van der Waals surface area (Å²) in [5.74, 6) is 0.956. The number of nitrogens with zero attached hydrogens (tertiary/aromatic N) is 6. The molecule has 4 rings (SSSR count). The molecule has 3 aromatic rings. The fourth-order valence-electron chi connectivity index (χ4n) is 2.88. The monoisotopic (exact) mass is 315 g/mol. The zero-order valence-corrected chi connectivity index (χ0v) is 13.0. The first-order valence-corrected chi connectivity index (χ1v) is 8.33. The Morgan fingerprint density at radius 3 is 3.00 bits per heavy atom. The van der Waals surface area contributed by atoms with E-state index in [0.717, 1.165) is 61.8 Å². The van der Waals surface area contributed by atoms with Gasteiger partial charge in [-0.2, -0.15) is 0 Å². The number of H-pyrrole nitrogens is 1. The van der Waals surface area contributed by atoms with E-state index in [1.165, 1.54) is 0 Å². The summed E-state index contributed by atoms with van der Waals surface area (Å²) in [7, 11) is 0. The molecule has 0 aliphatic carbocycles. The number of hydrogen-bond acceptors (Lipinski definition) is 7. The molecule has 0 unspecified atom stereocenters. The summed E-state index contributed by atoms with van der Waals surface area (Å²) in [6, 6.07) is 0. The van der Waals surface area contributed by atoms with E-state index in [2.05, 4.69) is 40.1 Å². The van der Waals surface area contributed by atoms with Crippen LogP contribution in [0.25, 0.3) is 11.2 Å². The van der Waals surface area contributed by atoms with Gasteiger partial charge < -0.3 is 9.88 Å². The van der Waals surface area contributed by atoms with Crippen LogP contribution in [0.4, 0.5) is 5.82 Å². The fraction of sp³-hybridized carbons (Fsp3) is 0.429. The number of rotatable bonds is 3. The summed E-state index contributed by atoms with van der Waals surface area (Å²) >= 11 is 1.66. The molecule has 1 saturated heterocycles. The maximum Gasteiger partial charge on any atom is 0.182 e. The van der Waals surface area contributed by atoms with Gasteiger partial charge >= 0.3 is 0 Å². The first-order valence-electron chi connectivity index (χ1n) is 7.38. The molecule has 0 saturated carbocycles. The van der Waals surface area contributed by atoms with Crippen LogP contribution in [-0.4, -0.2) is 56.0 Å². The third-order valence-electron chi connectivity index (χ3n) is 3.96. The minimum absolute atomic E-state index is 0.730. The number of thiazole rings is 1. The van der Waals surface area contributed by atoms with Gasteiger partial charge in [-0.15, -0.1) is 11.3 Å². The first kappa shape index (κ1) is 13.6. The van der Waals surface area contributed by atoms with Crippen LogP contribution in [-0.2, 0) is 6.54 Å². The van der Waals surface area contributed by atoms with Crippen molar-refractivity contribution in [3.8, 4) is 0 Å². The number of aromatic amines is 1. The second kappa shape index (κ2) is 5.98. The van der Waals surface area contributed by atoms with Crippen molar-refractivity contribution in [2.24, 2.45) is 0 Å². The van der Waals surface area contributed by atoms with Gasteiger partial charge in [-0.3, -0.25) is 4.90 Å². The lowest BCUT2D eigenvalue weighted by atomic mass is 10.3. The molecular formula is C14H17N7S. The van der Waals surface area contributed by atoms with Gasteiger partial charge in [0.2, 0.25) is 0 Å². The van der Waals surface area contributed by atoms with Crippen LogP contribution in [0, 0.1) is 0 Å². The zero-order valence-electron chi connectivity index (χ0n) is 12.1. The predicted molar refractivity (Wildman–Crippen MR) is 85.9 cm³/mol. The van der Waals surface area contributed by atoms with E-state index in [0.29, 0.717) is 0 Å². The van der Waals surface area contributed by atoms with Gasteiger partial charge in [0.05, 0.1) is 17.5 Å². The Hall–Kier alpha value is -2.06. The van der Waals surface area contributed by atoms with Gasteiger partial charge in [0.15, 0.2) is 11.5 Å². The Kier molecular flexibility index (Phi) is 3.69. The Balaban J connectivity index is 1.49. The number of imidazole rings is 1. The van der Waals surface area contributed by atoms with E-state index in [-0.39, 0.29) is 0 Å². The second-order valence-electron chi connectivity index (χ2n) is 5.39. The minimum Gasteiger partial charge on any atom is -0.353 e. The van der Waals surface area contributed by atoms with E-state index >= 15 is 0 Å². The number of aromatic nitrogens is 5. The van der Waals surface area contributed by atoms with Crippen molar-refractivity contribution in [1.29, 1.82) is 0 Å². The van der Waals surface area contributed by atoms with E-state index < -0.39 is 0 Å². The molecule has 1 N–H and O–H groups in total. The third-order valence-corrected chi connectivity index (χ3v) is 4.60. The average Bonchev–Trinajstić information content (AvgIpc) is 3.16. The molecule has 0 aromatic carbocycles. The molecule has 1 aliphatic heterocycles. The summed E-state index contributed by atoms with van der Waals surface area (Å²) in [6.07, 6.45) is 4.38. The van der Waals surface area contributed by atoms with Crippen LogP contribution in [0.5, 0.6) is 0 Å². The molecule has 1 aliphatic rings. The quantitative estimate of drug-likeness (QED) is 0.790. The normalized spacial score (nSPS) is 17.0. The molecule has 0 atom stereocenters. The number of fused-ring (bicyclic) bond motifs is 1. The maximum absolute atomic E-state index is 4.46. The molecule has 0 radical (unpaired) electrons. The van der Waals surface area contributed by atoms with Crippen LogP contribution in [0.3, 0.4) is 0 Å². The van der Waals surface area contributed by atoms with Crippen LogP contribution in [0.2, 0.25) is 0 Å². The van der Waals surface area contributed by atoms with Crippen LogP contribution in [0.1, 0.15) is 12.1 Å². The zero-order chi connectivity index (χ0) is 14.8. The molecule has 22 heavy (non-hydrogen) atoms. The number of hydrogen-bond donors (Lipinski definition) is 1. The minimum atomic E-state index is 0.730. The molecule has 8 heteroatoms. The standard InChI is InChI=1S/C14H17N7S/c1-2-20(6-11-7-22-10-19-11)4-5-21(3-1)14-12-13(16-8-15-12)17-9-18-14/h7-10H,1-6H2,(H,15,16,17,18). The summed E-state index contributed by atoms with van der Waals surface area (Å²) in [4.78, 5) is 25.2. The van der Waals surface area contributed by atoms with E-state index in [4.69, 9.17) is 0 Å². The lowest BCUT2D eigenvalue weighted by Gasteiger charge is -2.22. The van der Waals surface area contributed by atoms with Crippen molar-refractivity contribution in [1.82, 2.24) is 29.8 Å². The van der Waals surface area contributed by atoms with Crippen molar-refractivity contribution in [2.75, 3.05) is 31.1 Å². The molecular weight excluding hydrogens is 298 g/mol. The summed E-state index contributed by atoms with van der Waals surface area (Å²) in [5, 5.41) is 2.13. The molecule has 0 bridgehead atoms. The lowest BCUT2D eigenvalue weighted by molar-refractivity contribution is 0.282. The van der Waals surface area contributed by atoms with Crippen molar-refractivity contribution in [3.63, 3.8) is 0 Å². The smallest absolute Gasteiger partial charge is 0.182 e. The van der Waals surface area contributed by atoms with Gasteiger partial charge in [-0.1, -0.05) is 0 Å². The van der Waals surface area contributed by atoms with Gasteiger partial charge in [0, 0.05) is 38.1 Å². The molecule has 4 heterocycles. The molecule has 3 aromatic heterocycles. The highest BCUT2D eigenvalue weighted by molar-refractivity contribution is 7.07. The van der Waals surface area contributed by atoms with E-state index in [9.17, 15) is 0 Å². The SMILES string of the molecule is c1nc(N2CCCN(Cc3cscn3)CC2)c2[nH]cnc2n1. The van der Waals surface area contributed by atoms with E-state index in [1.807, 2.05) is 5.51 Å². The fourth-order valence-corrected chi connectivity index (χ4v) is 3.43. The topological polar surface area (TPSA) is 73.8 Å². The summed E-state index contributed by atoms with van der Waals surface area (Å²) < 4.78 is 0. The molecule has 7 nitrogen and oxygen atoms in total. The van der Waals surface area contributed by atoms with Crippen LogP contribution in [0.15, 0.2) is 23.5 Å². The van der Waals surface area contributed by atoms with Crippen molar-refractivity contribution < 1.29 is 0 Å².